The highest BCUT2D eigenvalue weighted by Crippen LogP contribution is 2.41. The van der Waals surface area contributed by atoms with Gasteiger partial charge in [0.25, 0.3) is 0 Å². The van der Waals surface area contributed by atoms with E-state index in [0.29, 0.717) is 5.69 Å². The minimum atomic E-state index is -0.396. The summed E-state index contributed by atoms with van der Waals surface area (Å²) in [6, 6.07) is 5.46. The summed E-state index contributed by atoms with van der Waals surface area (Å²) in [7, 11) is 1.37. The van der Waals surface area contributed by atoms with Crippen molar-refractivity contribution >= 4 is 12.2 Å². The summed E-state index contributed by atoms with van der Waals surface area (Å²) in [6.07, 6.45) is 7.42. The van der Waals surface area contributed by atoms with Gasteiger partial charge in [0.1, 0.15) is 5.69 Å². The second-order valence-electron chi connectivity index (χ2n) is 5.03. The Kier molecular flexibility index (Phi) is 3.15. The number of allylic oxidation sites excluding steroid dienone is 1. The lowest BCUT2D eigenvalue weighted by molar-refractivity contribution is 0.0593. The number of aliphatic imine (C=N–C) groups is 1. The van der Waals surface area contributed by atoms with Gasteiger partial charge in [-0.2, -0.15) is 0 Å². The van der Waals surface area contributed by atoms with Crippen LogP contribution in [-0.4, -0.2) is 24.3 Å². The Hall–Kier alpha value is -1.97. The maximum absolute atomic E-state index is 11.5. The first-order valence-corrected chi connectivity index (χ1v) is 6.55. The SMILES string of the molecule is COC(=O)c1cccc(C2C=NC=C(C3CC3)C2)n1. The van der Waals surface area contributed by atoms with Gasteiger partial charge in [-0.3, -0.25) is 4.99 Å². The number of aromatic nitrogens is 1. The average molecular weight is 256 g/mol. The van der Waals surface area contributed by atoms with E-state index < -0.39 is 5.97 Å². The summed E-state index contributed by atoms with van der Waals surface area (Å²) >= 11 is 0. The zero-order valence-corrected chi connectivity index (χ0v) is 10.9. The molecule has 0 saturated heterocycles. The molecule has 98 valence electrons. The molecule has 0 bridgehead atoms. The Morgan fingerprint density at radius 3 is 2.95 bits per heavy atom. The number of ether oxygens (including phenoxy) is 1. The zero-order chi connectivity index (χ0) is 13.2. The van der Waals surface area contributed by atoms with Gasteiger partial charge >= 0.3 is 5.97 Å². The average Bonchev–Trinajstić information content (AvgIpc) is 3.31. The molecule has 0 amide bonds. The summed E-state index contributed by atoms with van der Waals surface area (Å²) in [5, 5.41) is 0. The topological polar surface area (TPSA) is 51.5 Å². The van der Waals surface area contributed by atoms with Crippen LogP contribution in [0.4, 0.5) is 0 Å². The van der Waals surface area contributed by atoms with Crippen molar-refractivity contribution in [2.45, 2.75) is 25.2 Å². The molecule has 2 heterocycles. The Balaban J connectivity index is 1.81. The lowest BCUT2D eigenvalue weighted by Gasteiger charge is -2.17. The standard InChI is InChI=1S/C15H16N2O2/c1-19-15(18)14-4-2-3-13(17-14)12-7-11(8-16-9-12)10-5-6-10/h2-4,8-10,12H,5-7H2,1H3. The number of nitrogens with zero attached hydrogens (tertiary/aromatic N) is 2. The van der Waals surface area contributed by atoms with Gasteiger partial charge in [-0.15, -0.1) is 0 Å². The molecule has 3 rings (SSSR count). The first-order valence-electron chi connectivity index (χ1n) is 6.55. The molecule has 4 heteroatoms. The molecule has 0 radical (unpaired) electrons. The molecule has 1 aromatic heterocycles. The van der Waals surface area contributed by atoms with Crippen LogP contribution in [0.25, 0.3) is 0 Å². The van der Waals surface area contributed by atoms with Crippen molar-refractivity contribution in [2.24, 2.45) is 10.9 Å². The quantitative estimate of drug-likeness (QED) is 0.781. The molecule has 4 nitrogen and oxygen atoms in total. The number of carbonyl (C=O) groups excluding carboxylic acids is 1. The summed E-state index contributed by atoms with van der Waals surface area (Å²) < 4.78 is 4.70. The molecule has 1 aliphatic heterocycles. The lowest BCUT2D eigenvalue weighted by atomic mass is 9.93. The lowest BCUT2D eigenvalue weighted by Crippen LogP contribution is -2.12. The third-order valence-corrected chi connectivity index (χ3v) is 3.61. The maximum Gasteiger partial charge on any atom is 0.356 e. The van der Waals surface area contributed by atoms with Crippen molar-refractivity contribution in [3.05, 3.63) is 41.4 Å². The second kappa shape index (κ2) is 4.96. The van der Waals surface area contributed by atoms with Crippen LogP contribution in [-0.2, 0) is 4.74 Å². The van der Waals surface area contributed by atoms with E-state index in [-0.39, 0.29) is 5.92 Å². The predicted molar refractivity (Wildman–Crippen MR) is 72.2 cm³/mol. The largest absolute Gasteiger partial charge is 0.464 e. The highest BCUT2D eigenvalue weighted by atomic mass is 16.5. The molecular formula is C15H16N2O2. The molecule has 19 heavy (non-hydrogen) atoms. The van der Waals surface area contributed by atoms with Crippen molar-refractivity contribution < 1.29 is 9.53 Å². The molecular weight excluding hydrogens is 240 g/mol. The van der Waals surface area contributed by atoms with Crippen LogP contribution >= 0.6 is 0 Å². The van der Waals surface area contributed by atoms with Crippen LogP contribution < -0.4 is 0 Å². The van der Waals surface area contributed by atoms with E-state index in [1.807, 2.05) is 24.5 Å². The minimum Gasteiger partial charge on any atom is -0.464 e. The number of hydrogen-bond donors (Lipinski definition) is 0. The monoisotopic (exact) mass is 256 g/mol. The van der Waals surface area contributed by atoms with Gasteiger partial charge in [-0.1, -0.05) is 6.07 Å². The van der Waals surface area contributed by atoms with Crippen LogP contribution in [0.1, 0.15) is 41.4 Å². The fraction of sp³-hybridized carbons (Fsp3) is 0.400. The zero-order valence-electron chi connectivity index (χ0n) is 10.9. The van der Waals surface area contributed by atoms with E-state index in [9.17, 15) is 4.79 Å². The molecule has 0 spiro atoms. The molecule has 1 unspecified atom stereocenters. The van der Waals surface area contributed by atoms with Crippen LogP contribution in [0.15, 0.2) is 35.0 Å². The minimum absolute atomic E-state index is 0.171. The van der Waals surface area contributed by atoms with Crippen LogP contribution in [0.5, 0.6) is 0 Å². The predicted octanol–water partition coefficient (Wildman–Crippen LogP) is 2.72. The van der Waals surface area contributed by atoms with E-state index in [1.54, 1.807) is 6.07 Å². The van der Waals surface area contributed by atoms with E-state index >= 15 is 0 Å². The van der Waals surface area contributed by atoms with Crippen molar-refractivity contribution in [3.8, 4) is 0 Å². The highest BCUT2D eigenvalue weighted by molar-refractivity contribution is 5.87. The fourth-order valence-electron chi connectivity index (χ4n) is 2.39. The molecule has 1 saturated carbocycles. The van der Waals surface area contributed by atoms with Gasteiger partial charge in [-0.05, 0) is 42.9 Å². The van der Waals surface area contributed by atoms with Gasteiger partial charge in [0.05, 0.1) is 12.8 Å². The summed E-state index contributed by atoms with van der Waals surface area (Å²) in [6.45, 7) is 0. The first kappa shape index (κ1) is 12.1. The third kappa shape index (κ3) is 2.57. The van der Waals surface area contributed by atoms with E-state index in [4.69, 9.17) is 4.74 Å². The highest BCUT2D eigenvalue weighted by Gasteiger charge is 2.29. The second-order valence-corrected chi connectivity index (χ2v) is 5.03. The van der Waals surface area contributed by atoms with Gasteiger partial charge in [-0.25, -0.2) is 9.78 Å². The van der Waals surface area contributed by atoms with Crippen molar-refractivity contribution in [2.75, 3.05) is 7.11 Å². The van der Waals surface area contributed by atoms with Crippen molar-refractivity contribution in [3.63, 3.8) is 0 Å². The Bertz CT molecular complexity index is 559. The van der Waals surface area contributed by atoms with E-state index in [2.05, 4.69) is 9.98 Å². The number of rotatable bonds is 3. The number of methoxy groups -OCH3 is 1. The maximum atomic E-state index is 11.5. The molecule has 1 aromatic rings. The summed E-state index contributed by atoms with van der Waals surface area (Å²) in [4.78, 5) is 20.2. The molecule has 0 N–H and O–H groups in total. The Morgan fingerprint density at radius 2 is 2.21 bits per heavy atom. The molecule has 1 fully saturated rings. The Morgan fingerprint density at radius 1 is 1.37 bits per heavy atom. The third-order valence-electron chi connectivity index (χ3n) is 3.61. The van der Waals surface area contributed by atoms with Gasteiger partial charge in [0.15, 0.2) is 0 Å². The molecule has 1 atom stereocenters. The van der Waals surface area contributed by atoms with Gasteiger partial charge in [0.2, 0.25) is 0 Å². The van der Waals surface area contributed by atoms with Crippen molar-refractivity contribution in [1.29, 1.82) is 0 Å². The van der Waals surface area contributed by atoms with E-state index in [1.165, 1.54) is 25.5 Å². The van der Waals surface area contributed by atoms with E-state index in [0.717, 1.165) is 18.0 Å². The van der Waals surface area contributed by atoms with Crippen molar-refractivity contribution in [1.82, 2.24) is 4.98 Å². The van der Waals surface area contributed by atoms with Crippen LogP contribution in [0, 0.1) is 5.92 Å². The number of carbonyl (C=O) groups is 1. The normalized spacial score (nSPS) is 21.9. The summed E-state index contributed by atoms with van der Waals surface area (Å²) in [5.74, 6) is 0.501. The van der Waals surface area contributed by atoms with Gasteiger partial charge < -0.3 is 4.74 Å². The number of hydrogen-bond acceptors (Lipinski definition) is 4. The number of esters is 1. The first-order chi connectivity index (χ1) is 9.28. The Labute approximate surface area is 112 Å². The molecule has 2 aliphatic rings. The fourth-order valence-corrected chi connectivity index (χ4v) is 2.39. The summed E-state index contributed by atoms with van der Waals surface area (Å²) in [5.41, 5.74) is 2.66. The molecule has 0 aromatic carbocycles. The van der Waals surface area contributed by atoms with Crippen LogP contribution in [0.3, 0.4) is 0 Å². The smallest absolute Gasteiger partial charge is 0.356 e. The number of pyridine rings is 1. The van der Waals surface area contributed by atoms with Gasteiger partial charge in [0, 0.05) is 18.3 Å². The molecule has 1 aliphatic carbocycles. The van der Waals surface area contributed by atoms with Crippen LogP contribution in [0.2, 0.25) is 0 Å².